The molecule has 0 aromatic heterocycles. The lowest BCUT2D eigenvalue weighted by atomic mass is 9.75. The van der Waals surface area contributed by atoms with Gasteiger partial charge in [0.25, 0.3) is 0 Å². The highest BCUT2D eigenvalue weighted by Gasteiger charge is 2.56. The molecule has 0 aliphatic heterocycles. The molecule has 3 aromatic carbocycles. The Hall–Kier alpha value is -3.01. The molecule has 0 heterocycles. The van der Waals surface area contributed by atoms with E-state index in [9.17, 15) is 14.4 Å². The second-order valence-electron chi connectivity index (χ2n) is 17.9. The SMILES string of the molecule is CCCCOC(=O)C1(CC2C=CC(Br)C=C2)Cc2c(c3c(c4c2C[C@](Cc2ccc(Br)cc2)(C(=O)OCCCC)C4)C[C@](Cc2ccc(Br)cc2)(C(=O)OCCCC)C3)C1. The lowest BCUT2D eigenvalue weighted by molar-refractivity contribution is -0.157. The lowest BCUT2D eigenvalue weighted by Crippen LogP contribution is -2.37. The molecule has 0 N–H and O–H groups in total. The van der Waals surface area contributed by atoms with Gasteiger partial charge in [-0.15, -0.1) is 0 Å². The highest BCUT2D eigenvalue weighted by molar-refractivity contribution is 9.10. The summed E-state index contributed by atoms with van der Waals surface area (Å²) in [5.74, 6) is -0.405. The number of alkyl halides is 1. The van der Waals surface area contributed by atoms with Crippen LogP contribution in [0.5, 0.6) is 0 Å². The monoisotopic (exact) mass is 1000 g/mol. The van der Waals surface area contributed by atoms with Crippen LogP contribution in [0.3, 0.4) is 0 Å². The maximum absolute atomic E-state index is 14.7. The zero-order valence-corrected chi connectivity index (χ0v) is 40.2. The molecule has 4 aliphatic carbocycles. The highest BCUT2D eigenvalue weighted by Crippen LogP contribution is 2.56. The van der Waals surface area contributed by atoms with Crippen LogP contribution in [0.25, 0.3) is 0 Å². The molecule has 0 saturated carbocycles. The second-order valence-corrected chi connectivity index (χ2v) is 20.8. The largest absolute Gasteiger partial charge is 0.465 e. The number of benzene rings is 3. The summed E-state index contributed by atoms with van der Waals surface area (Å²) in [5, 5.41) is 0. The van der Waals surface area contributed by atoms with E-state index in [2.05, 4.69) is 117 Å². The molecule has 0 amide bonds. The molecule has 0 saturated heterocycles. The first-order chi connectivity index (χ1) is 28.9. The number of carbonyl (C=O) groups is 3. The fourth-order valence-corrected chi connectivity index (χ4v) is 11.1. The summed E-state index contributed by atoms with van der Waals surface area (Å²) in [7, 11) is 0. The normalized spacial score (nSPS) is 24.8. The van der Waals surface area contributed by atoms with Crippen LogP contribution < -0.4 is 0 Å². The zero-order valence-electron chi connectivity index (χ0n) is 35.4. The van der Waals surface area contributed by atoms with Gasteiger partial charge in [-0.1, -0.05) is 136 Å². The fourth-order valence-electron chi connectivity index (χ4n) is 10.2. The minimum Gasteiger partial charge on any atom is -0.465 e. The first kappa shape index (κ1) is 45.0. The van der Waals surface area contributed by atoms with Gasteiger partial charge >= 0.3 is 17.9 Å². The Morgan fingerprint density at radius 3 is 1.17 bits per heavy atom. The van der Waals surface area contributed by atoms with Gasteiger partial charge in [0.2, 0.25) is 0 Å². The summed E-state index contributed by atoms with van der Waals surface area (Å²) in [6, 6.07) is 16.5. The number of ether oxygens (including phenoxy) is 3. The predicted molar refractivity (Wildman–Crippen MR) is 248 cm³/mol. The van der Waals surface area contributed by atoms with Gasteiger partial charge < -0.3 is 14.2 Å². The Kier molecular flexibility index (Phi) is 14.7. The van der Waals surface area contributed by atoms with Crippen molar-refractivity contribution in [2.75, 3.05) is 19.8 Å². The smallest absolute Gasteiger partial charge is 0.313 e. The van der Waals surface area contributed by atoms with E-state index < -0.39 is 16.2 Å². The fraction of sp³-hybridized carbons (Fsp3) is 0.510. The molecule has 3 atom stereocenters. The Morgan fingerprint density at radius 2 is 0.833 bits per heavy atom. The van der Waals surface area contributed by atoms with Crippen molar-refractivity contribution in [3.63, 3.8) is 0 Å². The molecule has 0 bridgehead atoms. The molecule has 9 heteroatoms. The van der Waals surface area contributed by atoms with E-state index >= 15 is 0 Å². The van der Waals surface area contributed by atoms with Crippen LogP contribution in [0.2, 0.25) is 0 Å². The van der Waals surface area contributed by atoms with E-state index in [1.165, 1.54) is 33.4 Å². The van der Waals surface area contributed by atoms with Crippen molar-refractivity contribution in [1.29, 1.82) is 0 Å². The molecule has 0 radical (unpaired) electrons. The molecule has 60 heavy (non-hydrogen) atoms. The first-order valence-corrected chi connectivity index (χ1v) is 24.6. The number of unbranched alkanes of at least 4 members (excludes halogenated alkanes) is 3. The summed E-state index contributed by atoms with van der Waals surface area (Å²) in [6.45, 7) is 7.48. The van der Waals surface area contributed by atoms with Crippen LogP contribution in [0, 0.1) is 22.2 Å². The van der Waals surface area contributed by atoms with E-state index in [1.54, 1.807) is 0 Å². The second kappa shape index (κ2) is 19.6. The lowest BCUT2D eigenvalue weighted by Gasteiger charge is -2.30. The molecule has 6 nitrogen and oxygen atoms in total. The number of rotatable bonds is 18. The molecule has 0 fully saturated rings. The van der Waals surface area contributed by atoms with Gasteiger partial charge in [0, 0.05) is 8.95 Å². The maximum atomic E-state index is 14.7. The van der Waals surface area contributed by atoms with Crippen molar-refractivity contribution in [2.24, 2.45) is 22.2 Å². The van der Waals surface area contributed by atoms with Crippen LogP contribution in [-0.4, -0.2) is 42.6 Å². The summed E-state index contributed by atoms with van der Waals surface area (Å²) in [6.07, 6.45) is 18.8. The van der Waals surface area contributed by atoms with Crippen molar-refractivity contribution in [2.45, 2.75) is 122 Å². The van der Waals surface area contributed by atoms with Crippen LogP contribution in [0.15, 0.2) is 81.8 Å². The van der Waals surface area contributed by atoms with Crippen molar-refractivity contribution in [3.8, 4) is 0 Å². The number of hydrogen-bond donors (Lipinski definition) is 0. The zero-order chi connectivity index (χ0) is 42.5. The molecular formula is C51H59Br3O6. The number of esters is 3. The van der Waals surface area contributed by atoms with Gasteiger partial charge in [-0.25, -0.2) is 0 Å². The van der Waals surface area contributed by atoms with E-state index in [-0.39, 0.29) is 28.7 Å². The molecule has 320 valence electrons. The van der Waals surface area contributed by atoms with Gasteiger partial charge in [0.1, 0.15) is 0 Å². The van der Waals surface area contributed by atoms with Gasteiger partial charge in [0.05, 0.1) is 40.9 Å². The predicted octanol–water partition coefficient (Wildman–Crippen LogP) is 11.9. The van der Waals surface area contributed by atoms with Crippen molar-refractivity contribution >= 4 is 65.7 Å². The first-order valence-electron chi connectivity index (χ1n) is 22.1. The van der Waals surface area contributed by atoms with Crippen molar-refractivity contribution in [1.82, 2.24) is 0 Å². The minimum atomic E-state index is -0.835. The number of carbonyl (C=O) groups excluding carboxylic acids is 3. The maximum Gasteiger partial charge on any atom is 0.313 e. The van der Waals surface area contributed by atoms with Crippen molar-refractivity contribution in [3.05, 3.63) is 126 Å². The van der Waals surface area contributed by atoms with Crippen LogP contribution in [-0.2, 0) is 80.0 Å². The highest BCUT2D eigenvalue weighted by atomic mass is 79.9. The Balaban J connectivity index is 1.38. The van der Waals surface area contributed by atoms with Crippen LogP contribution in [0.1, 0.15) is 110 Å². The quantitative estimate of drug-likeness (QED) is 0.0415. The third kappa shape index (κ3) is 9.63. The average molecular weight is 1010 g/mol. The van der Waals surface area contributed by atoms with Gasteiger partial charge in [-0.05, 0) is 152 Å². The third-order valence-corrected chi connectivity index (χ3v) is 15.1. The van der Waals surface area contributed by atoms with Gasteiger partial charge in [-0.3, -0.25) is 14.4 Å². The van der Waals surface area contributed by atoms with Crippen molar-refractivity contribution < 1.29 is 28.6 Å². The average Bonchev–Trinajstić information content (AvgIpc) is 3.94. The Morgan fingerprint density at radius 1 is 0.517 bits per heavy atom. The van der Waals surface area contributed by atoms with Gasteiger partial charge in [-0.2, -0.15) is 0 Å². The number of hydrogen-bond acceptors (Lipinski definition) is 6. The van der Waals surface area contributed by atoms with Gasteiger partial charge in [0.15, 0.2) is 0 Å². The Labute approximate surface area is 382 Å². The van der Waals surface area contributed by atoms with E-state index in [1.807, 2.05) is 24.3 Å². The molecule has 3 aromatic rings. The minimum absolute atomic E-state index is 0.0722. The topological polar surface area (TPSA) is 78.9 Å². The van der Waals surface area contributed by atoms with Crippen LogP contribution >= 0.6 is 47.8 Å². The molecule has 0 spiro atoms. The van der Waals surface area contributed by atoms with E-state index in [4.69, 9.17) is 14.2 Å². The molecular weight excluding hydrogens is 948 g/mol. The number of fused-ring (bicyclic) bond motifs is 6. The number of halogens is 3. The number of allylic oxidation sites excluding steroid dienone is 4. The molecule has 4 aliphatic rings. The molecule has 7 rings (SSSR count). The third-order valence-electron chi connectivity index (χ3n) is 13.4. The van der Waals surface area contributed by atoms with E-state index in [0.29, 0.717) is 77.6 Å². The van der Waals surface area contributed by atoms with Crippen LogP contribution in [0.4, 0.5) is 0 Å². The molecule has 1 unspecified atom stereocenters. The summed E-state index contributed by atoms with van der Waals surface area (Å²) >= 11 is 10.9. The summed E-state index contributed by atoms with van der Waals surface area (Å²) in [4.78, 5) is 44.3. The Bertz CT molecular complexity index is 1970. The standard InChI is InChI=1S/C51H59Br3O6/c1-4-7-22-58-46(55)49(25-34-10-16-37(52)17-11-34)28-40-41(29-49)43-31-51(48(57)60-24-9-6-3,27-36-14-20-39(54)21-15-36)33-45(43)44-32-50(30-42(40)44,47(56)59-23-8-5-2)26-35-12-18-38(53)19-13-35/h10-21,34,37H,4-9,22-33H2,1-3H3/t34?,37?,49?,50-,51+. The van der Waals surface area contributed by atoms with E-state index in [0.717, 1.165) is 58.6 Å². The summed E-state index contributed by atoms with van der Waals surface area (Å²) < 4.78 is 20.5. The summed E-state index contributed by atoms with van der Waals surface area (Å²) in [5.41, 5.74) is 6.72.